The Morgan fingerprint density at radius 1 is 1.17 bits per heavy atom. The minimum Gasteiger partial charge on any atom is -0.390 e. The fraction of sp³-hybridized carbons (Fsp3) is 0.400. The number of fused-ring (bicyclic) bond motifs is 1. The number of hydrogen-bond donors (Lipinski definition) is 2. The van der Waals surface area contributed by atoms with Crippen LogP contribution in [0.25, 0.3) is 0 Å². The van der Waals surface area contributed by atoms with Gasteiger partial charge in [-0.1, -0.05) is 36.4 Å². The first-order valence-electron chi connectivity index (χ1n) is 8.58. The zero-order chi connectivity index (χ0) is 16.9. The van der Waals surface area contributed by atoms with Gasteiger partial charge in [0.25, 0.3) is 0 Å². The van der Waals surface area contributed by atoms with Crippen molar-refractivity contribution in [2.24, 2.45) is 0 Å². The van der Waals surface area contributed by atoms with E-state index in [1.165, 1.54) is 23.3 Å². The normalized spacial score (nSPS) is 17.3. The molecule has 0 amide bonds. The number of halogens is 1. The van der Waals surface area contributed by atoms with Gasteiger partial charge in [0.2, 0.25) is 0 Å². The predicted molar refractivity (Wildman–Crippen MR) is 94.2 cm³/mol. The van der Waals surface area contributed by atoms with Crippen molar-refractivity contribution >= 4 is 0 Å². The van der Waals surface area contributed by atoms with E-state index < -0.39 is 6.10 Å². The number of hydrogen-bond acceptors (Lipinski definition) is 3. The summed E-state index contributed by atoms with van der Waals surface area (Å²) in [5.74, 6) is -0.228. The van der Waals surface area contributed by atoms with Gasteiger partial charge in [-0.25, -0.2) is 4.39 Å². The summed E-state index contributed by atoms with van der Waals surface area (Å²) in [6.45, 7) is 5.01. The molecule has 3 nitrogen and oxygen atoms in total. The molecule has 0 bridgehead atoms. The van der Waals surface area contributed by atoms with E-state index in [2.05, 4.69) is 34.5 Å². The molecule has 4 heteroatoms. The highest BCUT2D eigenvalue weighted by molar-refractivity contribution is 5.29. The maximum Gasteiger partial charge on any atom is 0.123 e. The lowest BCUT2D eigenvalue weighted by molar-refractivity contribution is 0.102. The molecule has 2 N–H and O–H groups in total. The molecule has 24 heavy (non-hydrogen) atoms. The molecular weight excluding hydrogens is 303 g/mol. The summed E-state index contributed by atoms with van der Waals surface area (Å²) in [5, 5.41) is 13.6. The summed E-state index contributed by atoms with van der Waals surface area (Å²) in [6, 6.07) is 15.1. The minimum atomic E-state index is -0.439. The number of β-amino-alcohol motifs (C(OH)–C–C–N with tert-alkyl or cyclic N) is 1. The molecule has 128 valence electrons. The van der Waals surface area contributed by atoms with Crippen LogP contribution >= 0.6 is 0 Å². The van der Waals surface area contributed by atoms with Gasteiger partial charge in [0.1, 0.15) is 5.82 Å². The molecule has 1 aliphatic heterocycles. The van der Waals surface area contributed by atoms with Gasteiger partial charge in [-0.05, 0) is 42.2 Å². The smallest absolute Gasteiger partial charge is 0.123 e. The van der Waals surface area contributed by atoms with Crippen LogP contribution in [0.5, 0.6) is 0 Å². The lowest BCUT2D eigenvalue weighted by atomic mass is 10.00. The molecule has 0 spiro atoms. The van der Waals surface area contributed by atoms with Crippen LogP contribution in [0.4, 0.5) is 4.39 Å². The SMILES string of the molecule is CC(NCC(O)CN1CCc2ccccc2C1)c1cccc(F)c1. The van der Waals surface area contributed by atoms with Crippen LogP contribution in [0.2, 0.25) is 0 Å². The maximum atomic E-state index is 13.3. The molecule has 2 unspecified atom stereocenters. The maximum absolute atomic E-state index is 13.3. The first-order valence-corrected chi connectivity index (χ1v) is 8.58. The van der Waals surface area contributed by atoms with Crippen LogP contribution in [0, 0.1) is 5.82 Å². The number of aliphatic hydroxyl groups is 1. The van der Waals surface area contributed by atoms with Crippen LogP contribution in [0.3, 0.4) is 0 Å². The highest BCUT2D eigenvalue weighted by Gasteiger charge is 2.18. The van der Waals surface area contributed by atoms with Crippen molar-refractivity contribution in [3.8, 4) is 0 Å². The van der Waals surface area contributed by atoms with Gasteiger partial charge in [-0.2, -0.15) is 0 Å². The Balaban J connectivity index is 1.47. The van der Waals surface area contributed by atoms with E-state index in [1.54, 1.807) is 6.07 Å². The van der Waals surface area contributed by atoms with Gasteiger partial charge in [0.15, 0.2) is 0 Å². The summed E-state index contributed by atoms with van der Waals surface area (Å²) in [6.07, 6.45) is 0.599. The molecule has 0 radical (unpaired) electrons. The third-order valence-corrected chi connectivity index (χ3v) is 4.69. The van der Waals surface area contributed by atoms with Crippen molar-refractivity contribution in [2.75, 3.05) is 19.6 Å². The first kappa shape index (κ1) is 17.1. The third-order valence-electron chi connectivity index (χ3n) is 4.69. The highest BCUT2D eigenvalue weighted by Crippen LogP contribution is 2.18. The Labute approximate surface area is 143 Å². The van der Waals surface area contributed by atoms with Gasteiger partial charge < -0.3 is 10.4 Å². The van der Waals surface area contributed by atoms with Crippen LogP contribution in [0.15, 0.2) is 48.5 Å². The Bertz CT molecular complexity index is 676. The van der Waals surface area contributed by atoms with Crippen molar-refractivity contribution in [3.63, 3.8) is 0 Å². The molecule has 0 fully saturated rings. The van der Waals surface area contributed by atoms with Crippen molar-refractivity contribution in [2.45, 2.75) is 32.0 Å². The van der Waals surface area contributed by atoms with Crippen LogP contribution in [0.1, 0.15) is 29.7 Å². The summed E-state index contributed by atoms with van der Waals surface area (Å²) >= 11 is 0. The molecule has 2 aromatic carbocycles. The topological polar surface area (TPSA) is 35.5 Å². The van der Waals surface area contributed by atoms with Gasteiger partial charge in [0, 0.05) is 32.2 Å². The fourth-order valence-electron chi connectivity index (χ4n) is 3.28. The van der Waals surface area contributed by atoms with E-state index in [4.69, 9.17) is 0 Å². The largest absolute Gasteiger partial charge is 0.390 e. The summed E-state index contributed by atoms with van der Waals surface area (Å²) < 4.78 is 13.3. The monoisotopic (exact) mass is 328 g/mol. The van der Waals surface area contributed by atoms with E-state index in [0.29, 0.717) is 13.1 Å². The van der Waals surface area contributed by atoms with E-state index in [1.807, 2.05) is 13.0 Å². The third kappa shape index (κ3) is 4.41. The summed E-state index contributed by atoms with van der Waals surface area (Å²) in [7, 11) is 0. The van der Waals surface area contributed by atoms with Gasteiger partial charge >= 0.3 is 0 Å². The average Bonchev–Trinajstić information content (AvgIpc) is 2.59. The lowest BCUT2D eigenvalue weighted by Crippen LogP contribution is -2.41. The molecule has 2 aromatic rings. The standard InChI is InChI=1S/C20H25FN2O/c1-15(17-7-4-8-19(21)11-17)22-12-20(24)14-23-10-9-16-5-2-3-6-18(16)13-23/h2-8,11,15,20,22,24H,9-10,12-14H2,1H3. The Morgan fingerprint density at radius 3 is 2.75 bits per heavy atom. The Morgan fingerprint density at radius 2 is 1.96 bits per heavy atom. The molecule has 0 aromatic heterocycles. The number of nitrogens with zero attached hydrogens (tertiary/aromatic N) is 1. The Kier molecular flexibility index (Phi) is 5.61. The molecule has 1 aliphatic rings. The molecule has 1 heterocycles. The summed E-state index contributed by atoms with van der Waals surface area (Å²) in [5.41, 5.74) is 3.67. The Hall–Kier alpha value is -1.75. The van der Waals surface area contributed by atoms with Gasteiger partial charge in [0.05, 0.1) is 6.10 Å². The van der Waals surface area contributed by atoms with Gasteiger partial charge in [-0.15, -0.1) is 0 Å². The molecular formula is C20H25FN2O. The second-order valence-electron chi connectivity index (χ2n) is 6.59. The second kappa shape index (κ2) is 7.88. The van der Waals surface area contributed by atoms with Crippen molar-refractivity contribution < 1.29 is 9.50 Å². The predicted octanol–water partition coefficient (Wildman–Crippen LogP) is 2.90. The molecule has 2 atom stereocenters. The number of rotatable bonds is 6. The van der Waals surface area contributed by atoms with Crippen molar-refractivity contribution in [1.29, 1.82) is 0 Å². The molecule has 0 aliphatic carbocycles. The van der Waals surface area contributed by atoms with Crippen molar-refractivity contribution in [1.82, 2.24) is 10.2 Å². The lowest BCUT2D eigenvalue weighted by Gasteiger charge is -2.30. The van der Waals surface area contributed by atoms with E-state index in [9.17, 15) is 9.50 Å². The average molecular weight is 328 g/mol. The highest BCUT2D eigenvalue weighted by atomic mass is 19.1. The molecule has 3 rings (SSSR count). The summed E-state index contributed by atoms with van der Waals surface area (Å²) in [4.78, 5) is 2.29. The van der Waals surface area contributed by atoms with Crippen LogP contribution < -0.4 is 5.32 Å². The minimum absolute atomic E-state index is 0.0115. The fourth-order valence-corrected chi connectivity index (χ4v) is 3.28. The number of nitrogens with one attached hydrogen (secondary N) is 1. The zero-order valence-corrected chi connectivity index (χ0v) is 14.1. The quantitative estimate of drug-likeness (QED) is 0.856. The van der Waals surface area contributed by atoms with E-state index in [-0.39, 0.29) is 11.9 Å². The van der Waals surface area contributed by atoms with Gasteiger partial charge in [-0.3, -0.25) is 4.90 Å². The number of benzene rings is 2. The molecule has 0 saturated heterocycles. The van der Waals surface area contributed by atoms with Crippen LogP contribution in [-0.4, -0.2) is 35.7 Å². The first-order chi connectivity index (χ1) is 11.6. The van der Waals surface area contributed by atoms with E-state index >= 15 is 0 Å². The van der Waals surface area contributed by atoms with Crippen LogP contribution in [-0.2, 0) is 13.0 Å². The second-order valence-corrected chi connectivity index (χ2v) is 6.59. The van der Waals surface area contributed by atoms with Crippen molar-refractivity contribution in [3.05, 3.63) is 71.0 Å². The molecule has 0 saturated carbocycles. The number of aliphatic hydroxyl groups excluding tert-OH is 1. The van der Waals surface area contributed by atoms with E-state index in [0.717, 1.165) is 25.1 Å². The zero-order valence-electron chi connectivity index (χ0n) is 14.1.